The Balaban J connectivity index is 2.64. The molecule has 110 valence electrons. The van der Waals surface area contributed by atoms with Gasteiger partial charge in [-0.25, -0.2) is 4.79 Å². The van der Waals surface area contributed by atoms with E-state index in [1.54, 1.807) is 12.1 Å². The maximum Gasteiger partial charge on any atom is 0.326 e. The Labute approximate surface area is 119 Å². The van der Waals surface area contributed by atoms with Crippen LogP contribution in [0.4, 0.5) is 5.00 Å². The molecule has 1 aromatic heterocycles. The Morgan fingerprint density at radius 2 is 2.00 bits per heavy atom. The van der Waals surface area contributed by atoms with Gasteiger partial charge in [-0.2, -0.15) is 0 Å². The van der Waals surface area contributed by atoms with Gasteiger partial charge in [-0.15, -0.1) is 11.3 Å². The fraction of sp³-hybridized carbons (Fsp3) is 0.417. The molecule has 8 heteroatoms. The molecule has 20 heavy (non-hydrogen) atoms. The van der Waals surface area contributed by atoms with Gasteiger partial charge in [0.2, 0.25) is 0 Å². The third kappa shape index (κ3) is 4.88. The molecule has 1 atom stereocenters. The molecule has 0 aliphatic heterocycles. The predicted molar refractivity (Wildman–Crippen MR) is 74.2 cm³/mol. The van der Waals surface area contributed by atoms with Gasteiger partial charge in [0, 0.05) is 13.0 Å². The minimum Gasteiger partial charge on any atom is -0.481 e. The standard InChI is InChI=1S/C12H16N2O5S/c1-2-13-9-5-4-8(20-9)11(17)14-7(12(18)19)3-6-10(15)16/h4-5,7,13H,2-3,6H2,1H3,(H,14,17)(H,15,16)(H,18,19)/t7-/m1/s1. The highest BCUT2D eigenvalue weighted by molar-refractivity contribution is 7.17. The van der Waals surface area contributed by atoms with Crippen LogP contribution in [0, 0.1) is 0 Å². The number of hydrogen-bond donors (Lipinski definition) is 4. The van der Waals surface area contributed by atoms with E-state index in [1.807, 2.05) is 6.92 Å². The zero-order valence-electron chi connectivity index (χ0n) is 10.9. The molecule has 1 heterocycles. The first-order chi connectivity index (χ1) is 9.43. The molecule has 0 radical (unpaired) electrons. The minimum atomic E-state index is -1.25. The molecular formula is C12H16N2O5S. The van der Waals surface area contributed by atoms with Crippen LogP contribution < -0.4 is 10.6 Å². The van der Waals surface area contributed by atoms with Gasteiger partial charge in [-0.05, 0) is 25.5 Å². The normalized spacial score (nSPS) is 11.7. The number of amides is 1. The van der Waals surface area contributed by atoms with Gasteiger partial charge in [-0.1, -0.05) is 0 Å². The molecule has 0 unspecified atom stereocenters. The quantitative estimate of drug-likeness (QED) is 0.574. The lowest BCUT2D eigenvalue weighted by molar-refractivity contribution is -0.140. The number of carbonyl (C=O) groups is 3. The van der Waals surface area contributed by atoms with E-state index in [4.69, 9.17) is 10.2 Å². The molecule has 0 saturated heterocycles. The summed E-state index contributed by atoms with van der Waals surface area (Å²) in [6.45, 7) is 2.64. The highest BCUT2D eigenvalue weighted by Gasteiger charge is 2.22. The Morgan fingerprint density at radius 3 is 2.55 bits per heavy atom. The summed E-state index contributed by atoms with van der Waals surface area (Å²) in [5, 5.41) is 23.7. The molecule has 0 spiro atoms. The molecule has 0 bridgehead atoms. The average Bonchev–Trinajstić information content (AvgIpc) is 2.82. The Kier molecular flexibility index (Phi) is 5.98. The van der Waals surface area contributed by atoms with Crippen LogP contribution in [-0.4, -0.2) is 40.6 Å². The van der Waals surface area contributed by atoms with Crippen molar-refractivity contribution in [2.45, 2.75) is 25.8 Å². The van der Waals surface area contributed by atoms with Crippen molar-refractivity contribution in [3.05, 3.63) is 17.0 Å². The van der Waals surface area contributed by atoms with Crippen molar-refractivity contribution in [3.63, 3.8) is 0 Å². The zero-order chi connectivity index (χ0) is 15.1. The highest BCUT2D eigenvalue weighted by atomic mass is 32.1. The van der Waals surface area contributed by atoms with E-state index in [-0.39, 0.29) is 12.8 Å². The van der Waals surface area contributed by atoms with E-state index >= 15 is 0 Å². The molecule has 7 nitrogen and oxygen atoms in total. The third-order valence-corrected chi connectivity index (χ3v) is 3.47. The van der Waals surface area contributed by atoms with Gasteiger partial charge in [0.05, 0.1) is 9.88 Å². The van der Waals surface area contributed by atoms with Crippen LogP contribution in [0.25, 0.3) is 0 Å². The largest absolute Gasteiger partial charge is 0.481 e. The fourth-order valence-electron chi connectivity index (χ4n) is 1.48. The van der Waals surface area contributed by atoms with Crippen molar-refractivity contribution in [1.29, 1.82) is 0 Å². The summed E-state index contributed by atoms with van der Waals surface area (Å²) in [4.78, 5) is 33.7. The van der Waals surface area contributed by atoms with Crippen LogP contribution in [-0.2, 0) is 9.59 Å². The van der Waals surface area contributed by atoms with Crippen molar-refractivity contribution in [2.75, 3.05) is 11.9 Å². The van der Waals surface area contributed by atoms with Gasteiger partial charge in [-0.3, -0.25) is 9.59 Å². The molecule has 4 N–H and O–H groups in total. The lowest BCUT2D eigenvalue weighted by Crippen LogP contribution is -2.40. The Hall–Kier alpha value is -2.09. The number of hydrogen-bond acceptors (Lipinski definition) is 5. The molecule has 0 aliphatic rings. The van der Waals surface area contributed by atoms with Gasteiger partial charge in [0.15, 0.2) is 0 Å². The summed E-state index contributed by atoms with van der Waals surface area (Å²) < 4.78 is 0. The first-order valence-corrected chi connectivity index (χ1v) is 6.84. The SMILES string of the molecule is CCNc1ccc(C(=O)N[C@H](CCC(=O)O)C(=O)O)s1. The van der Waals surface area contributed by atoms with E-state index in [0.29, 0.717) is 4.88 Å². The number of thiophene rings is 1. The number of carbonyl (C=O) groups excluding carboxylic acids is 1. The van der Waals surface area contributed by atoms with Crippen molar-refractivity contribution in [2.24, 2.45) is 0 Å². The second kappa shape index (κ2) is 7.49. The van der Waals surface area contributed by atoms with Crippen LogP contribution in [0.1, 0.15) is 29.4 Å². The summed E-state index contributed by atoms with van der Waals surface area (Å²) in [7, 11) is 0. The molecule has 0 aliphatic carbocycles. The van der Waals surface area contributed by atoms with Crippen LogP contribution >= 0.6 is 11.3 Å². The summed E-state index contributed by atoms with van der Waals surface area (Å²) in [5.74, 6) is -2.86. The van der Waals surface area contributed by atoms with E-state index in [9.17, 15) is 14.4 Å². The monoisotopic (exact) mass is 300 g/mol. The lowest BCUT2D eigenvalue weighted by atomic mass is 10.1. The molecule has 1 aromatic rings. The van der Waals surface area contributed by atoms with Crippen molar-refractivity contribution >= 4 is 34.2 Å². The Bertz CT molecular complexity index is 500. The summed E-state index contributed by atoms with van der Waals surface area (Å²) in [5.41, 5.74) is 0. The van der Waals surface area contributed by atoms with Crippen molar-refractivity contribution in [1.82, 2.24) is 5.32 Å². The molecule has 1 amide bonds. The number of anilines is 1. The van der Waals surface area contributed by atoms with E-state index in [2.05, 4.69) is 10.6 Å². The second-order valence-corrected chi connectivity index (χ2v) is 5.07. The van der Waals surface area contributed by atoms with Crippen molar-refractivity contribution < 1.29 is 24.6 Å². The topological polar surface area (TPSA) is 116 Å². The molecule has 1 rings (SSSR count). The lowest BCUT2D eigenvalue weighted by Gasteiger charge is -2.12. The Morgan fingerprint density at radius 1 is 1.30 bits per heavy atom. The summed E-state index contributed by atoms with van der Waals surface area (Å²) >= 11 is 1.21. The smallest absolute Gasteiger partial charge is 0.326 e. The van der Waals surface area contributed by atoms with Crippen LogP contribution in [0.3, 0.4) is 0 Å². The highest BCUT2D eigenvalue weighted by Crippen LogP contribution is 2.21. The van der Waals surface area contributed by atoms with Crippen LogP contribution in [0.5, 0.6) is 0 Å². The fourth-order valence-corrected chi connectivity index (χ4v) is 2.36. The minimum absolute atomic E-state index is 0.151. The second-order valence-electron chi connectivity index (χ2n) is 3.99. The first-order valence-electron chi connectivity index (χ1n) is 6.03. The average molecular weight is 300 g/mol. The zero-order valence-corrected chi connectivity index (χ0v) is 11.7. The summed E-state index contributed by atoms with van der Waals surface area (Å²) in [6, 6.07) is 2.12. The molecule has 0 fully saturated rings. The first kappa shape index (κ1) is 16.0. The third-order valence-electron chi connectivity index (χ3n) is 2.43. The number of aliphatic carboxylic acids is 2. The van der Waals surface area contributed by atoms with Crippen molar-refractivity contribution in [3.8, 4) is 0 Å². The predicted octanol–water partition coefficient (Wildman–Crippen LogP) is 1.23. The number of carboxylic acid groups (broad SMARTS) is 2. The summed E-state index contributed by atoms with van der Waals surface area (Å²) in [6.07, 6.45) is -0.466. The number of rotatable bonds is 8. The molecule has 0 aromatic carbocycles. The van der Waals surface area contributed by atoms with Gasteiger partial charge in [0.25, 0.3) is 5.91 Å². The van der Waals surface area contributed by atoms with Gasteiger partial charge < -0.3 is 20.8 Å². The maximum absolute atomic E-state index is 11.9. The van der Waals surface area contributed by atoms with Crippen LogP contribution in [0.2, 0.25) is 0 Å². The molecule has 0 saturated carbocycles. The van der Waals surface area contributed by atoms with Crippen LogP contribution in [0.15, 0.2) is 12.1 Å². The van der Waals surface area contributed by atoms with E-state index < -0.39 is 23.9 Å². The maximum atomic E-state index is 11.9. The number of nitrogens with one attached hydrogen (secondary N) is 2. The van der Waals surface area contributed by atoms with Gasteiger partial charge >= 0.3 is 11.9 Å². The van der Waals surface area contributed by atoms with E-state index in [1.165, 1.54) is 11.3 Å². The molecular weight excluding hydrogens is 284 g/mol. The number of carboxylic acids is 2. The van der Waals surface area contributed by atoms with Gasteiger partial charge in [0.1, 0.15) is 6.04 Å². The van der Waals surface area contributed by atoms with E-state index in [0.717, 1.165) is 11.5 Å².